The molecule has 2 amide bonds. The third-order valence-electron chi connectivity index (χ3n) is 3.64. The smallest absolute Gasteiger partial charge is 0.224 e. The first-order chi connectivity index (χ1) is 11.1. The summed E-state index contributed by atoms with van der Waals surface area (Å²) < 4.78 is 0. The number of nitrogens with one attached hydrogen (secondary N) is 2. The van der Waals surface area contributed by atoms with Crippen LogP contribution in [0.1, 0.15) is 23.1 Å². The lowest BCUT2D eigenvalue weighted by molar-refractivity contribution is -0.120. The van der Waals surface area contributed by atoms with Crippen LogP contribution < -0.4 is 10.6 Å². The van der Waals surface area contributed by atoms with Crippen LogP contribution in [0.2, 0.25) is 0 Å². The molecule has 2 N–H and O–H groups in total. The molecule has 0 spiro atoms. The Balaban J connectivity index is 1.82. The minimum absolute atomic E-state index is 0.00961. The normalized spacial score (nSPS) is 10.2. The second-order valence-electron chi connectivity index (χ2n) is 5.58. The number of aryl methyl sites for hydroxylation is 2. The highest BCUT2D eigenvalue weighted by Gasteiger charge is 2.05. The van der Waals surface area contributed by atoms with E-state index in [1.165, 1.54) is 5.56 Å². The van der Waals surface area contributed by atoms with Gasteiger partial charge in [0.2, 0.25) is 11.8 Å². The topological polar surface area (TPSA) is 58.2 Å². The molecule has 0 heterocycles. The van der Waals surface area contributed by atoms with E-state index in [0.29, 0.717) is 12.8 Å². The van der Waals surface area contributed by atoms with E-state index < -0.39 is 0 Å². The molecule has 0 fully saturated rings. The van der Waals surface area contributed by atoms with Crippen LogP contribution in [0.3, 0.4) is 0 Å². The van der Waals surface area contributed by atoms with Crippen molar-refractivity contribution in [2.45, 2.75) is 26.2 Å². The van der Waals surface area contributed by atoms with Crippen molar-refractivity contribution in [3.05, 3.63) is 65.2 Å². The lowest BCUT2D eigenvalue weighted by Crippen LogP contribution is -2.19. The van der Waals surface area contributed by atoms with Crippen LogP contribution in [0, 0.1) is 6.92 Å². The Labute approximate surface area is 136 Å². The van der Waals surface area contributed by atoms with Gasteiger partial charge in [-0.25, -0.2) is 0 Å². The molecule has 0 unspecified atom stereocenters. The van der Waals surface area contributed by atoms with Crippen molar-refractivity contribution in [3.8, 4) is 0 Å². The van der Waals surface area contributed by atoms with Crippen LogP contribution in [0.25, 0.3) is 0 Å². The van der Waals surface area contributed by atoms with Gasteiger partial charge in [-0.1, -0.05) is 42.0 Å². The lowest BCUT2D eigenvalue weighted by Gasteiger charge is -2.07. The molecule has 0 radical (unpaired) electrons. The Morgan fingerprint density at radius 1 is 0.870 bits per heavy atom. The largest absolute Gasteiger partial charge is 0.359 e. The van der Waals surface area contributed by atoms with E-state index in [0.717, 1.165) is 23.2 Å². The molecule has 0 atom stereocenters. The van der Waals surface area contributed by atoms with E-state index in [1.807, 2.05) is 31.2 Å². The zero-order valence-electron chi connectivity index (χ0n) is 13.6. The molecule has 0 aliphatic heterocycles. The van der Waals surface area contributed by atoms with Crippen molar-refractivity contribution in [1.29, 1.82) is 0 Å². The number of hydrogen-bond donors (Lipinski definition) is 2. The molecule has 2 rings (SSSR count). The van der Waals surface area contributed by atoms with Crippen molar-refractivity contribution >= 4 is 17.5 Å². The maximum atomic E-state index is 12.0. The van der Waals surface area contributed by atoms with E-state index in [4.69, 9.17) is 0 Å². The van der Waals surface area contributed by atoms with Gasteiger partial charge in [-0.3, -0.25) is 9.59 Å². The molecule has 4 heteroatoms. The first-order valence-electron chi connectivity index (χ1n) is 7.72. The average Bonchev–Trinajstić information content (AvgIpc) is 2.56. The summed E-state index contributed by atoms with van der Waals surface area (Å²) in [7, 11) is 1.62. The number of carbonyl (C=O) groups excluding carboxylic acids is 2. The molecule has 0 aliphatic rings. The Morgan fingerprint density at radius 2 is 1.48 bits per heavy atom. The fourth-order valence-corrected chi connectivity index (χ4v) is 2.22. The van der Waals surface area contributed by atoms with Crippen LogP contribution in [-0.2, 0) is 22.4 Å². The second kappa shape index (κ2) is 8.13. The van der Waals surface area contributed by atoms with Gasteiger partial charge >= 0.3 is 0 Å². The van der Waals surface area contributed by atoms with E-state index in [-0.39, 0.29) is 11.8 Å². The van der Waals surface area contributed by atoms with Gasteiger partial charge in [0.1, 0.15) is 0 Å². The Kier molecular flexibility index (Phi) is 5.92. The highest BCUT2D eigenvalue weighted by molar-refractivity contribution is 5.90. The number of anilines is 1. The summed E-state index contributed by atoms with van der Waals surface area (Å²) in [6, 6.07) is 15.6. The van der Waals surface area contributed by atoms with E-state index in [1.54, 1.807) is 7.05 Å². The van der Waals surface area contributed by atoms with Crippen LogP contribution in [-0.4, -0.2) is 18.9 Å². The average molecular weight is 310 g/mol. The molecule has 2 aromatic carbocycles. The highest BCUT2D eigenvalue weighted by atomic mass is 16.2. The van der Waals surface area contributed by atoms with Crippen LogP contribution in [0.4, 0.5) is 5.69 Å². The molecule has 0 saturated carbocycles. The summed E-state index contributed by atoms with van der Waals surface area (Å²) in [4.78, 5) is 23.3. The van der Waals surface area contributed by atoms with E-state index in [2.05, 4.69) is 34.9 Å². The SMILES string of the molecule is CNC(=O)Cc1ccc(NC(=O)CCc2ccc(C)cc2)cc1. The van der Waals surface area contributed by atoms with Gasteiger partial charge in [0.25, 0.3) is 0 Å². The van der Waals surface area contributed by atoms with Gasteiger partial charge in [0, 0.05) is 19.2 Å². The van der Waals surface area contributed by atoms with Crippen LogP contribution in [0.15, 0.2) is 48.5 Å². The number of likely N-dealkylation sites (N-methyl/N-ethyl adjacent to an activating group) is 1. The van der Waals surface area contributed by atoms with Gasteiger partial charge in [-0.05, 0) is 36.6 Å². The summed E-state index contributed by atoms with van der Waals surface area (Å²) >= 11 is 0. The van der Waals surface area contributed by atoms with Crippen LogP contribution >= 0.6 is 0 Å². The van der Waals surface area contributed by atoms with Gasteiger partial charge < -0.3 is 10.6 Å². The number of carbonyl (C=O) groups is 2. The fraction of sp³-hybridized carbons (Fsp3) is 0.263. The Bertz CT molecular complexity index is 661. The predicted octanol–water partition coefficient (Wildman–Crippen LogP) is 2.85. The molecule has 0 aromatic heterocycles. The highest BCUT2D eigenvalue weighted by Crippen LogP contribution is 2.12. The molecule has 23 heavy (non-hydrogen) atoms. The van der Waals surface area contributed by atoms with Crippen molar-refractivity contribution in [1.82, 2.24) is 5.32 Å². The Hall–Kier alpha value is -2.62. The zero-order chi connectivity index (χ0) is 16.7. The zero-order valence-corrected chi connectivity index (χ0v) is 13.6. The maximum Gasteiger partial charge on any atom is 0.224 e. The van der Waals surface area contributed by atoms with Gasteiger partial charge in [0.05, 0.1) is 6.42 Å². The Morgan fingerprint density at radius 3 is 2.09 bits per heavy atom. The summed E-state index contributed by atoms with van der Waals surface area (Å²) in [5.74, 6) is -0.0375. The number of benzene rings is 2. The van der Waals surface area contributed by atoms with Crippen LogP contribution in [0.5, 0.6) is 0 Å². The minimum atomic E-state index is -0.0279. The quantitative estimate of drug-likeness (QED) is 0.862. The lowest BCUT2D eigenvalue weighted by atomic mass is 10.1. The fourth-order valence-electron chi connectivity index (χ4n) is 2.22. The van der Waals surface area contributed by atoms with Gasteiger partial charge in [-0.2, -0.15) is 0 Å². The minimum Gasteiger partial charge on any atom is -0.359 e. The molecular formula is C19H22N2O2. The molecular weight excluding hydrogens is 288 g/mol. The van der Waals surface area contributed by atoms with E-state index >= 15 is 0 Å². The summed E-state index contributed by atoms with van der Waals surface area (Å²) in [5.41, 5.74) is 4.04. The predicted molar refractivity (Wildman–Crippen MR) is 92.3 cm³/mol. The monoisotopic (exact) mass is 310 g/mol. The standard InChI is InChI=1S/C19H22N2O2/c1-14-3-5-15(6-4-14)9-12-18(22)21-17-10-7-16(8-11-17)13-19(23)20-2/h3-8,10-11H,9,12-13H2,1-2H3,(H,20,23)(H,21,22). The van der Waals surface area contributed by atoms with Gasteiger partial charge in [-0.15, -0.1) is 0 Å². The molecule has 2 aromatic rings. The van der Waals surface area contributed by atoms with Crippen molar-refractivity contribution < 1.29 is 9.59 Å². The first-order valence-corrected chi connectivity index (χ1v) is 7.72. The molecule has 0 bridgehead atoms. The third kappa shape index (κ3) is 5.58. The molecule has 4 nitrogen and oxygen atoms in total. The second-order valence-corrected chi connectivity index (χ2v) is 5.58. The number of rotatable bonds is 6. The number of amides is 2. The van der Waals surface area contributed by atoms with E-state index in [9.17, 15) is 9.59 Å². The first kappa shape index (κ1) is 16.7. The number of hydrogen-bond acceptors (Lipinski definition) is 2. The molecule has 0 saturated heterocycles. The third-order valence-corrected chi connectivity index (χ3v) is 3.64. The molecule has 120 valence electrons. The van der Waals surface area contributed by atoms with Gasteiger partial charge in [0.15, 0.2) is 0 Å². The summed E-state index contributed by atoms with van der Waals surface area (Å²) in [6.45, 7) is 2.05. The van der Waals surface area contributed by atoms with Crippen molar-refractivity contribution in [2.24, 2.45) is 0 Å². The summed E-state index contributed by atoms with van der Waals surface area (Å²) in [6.07, 6.45) is 1.52. The summed E-state index contributed by atoms with van der Waals surface area (Å²) in [5, 5.41) is 5.47. The maximum absolute atomic E-state index is 12.0. The van der Waals surface area contributed by atoms with Crippen molar-refractivity contribution in [2.75, 3.05) is 12.4 Å². The molecule has 0 aliphatic carbocycles. The van der Waals surface area contributed by atoms with Crippen molar-refractivity contribution in [3.63, 3.8) is 0 Å².